The van der Waals surface area contributed by atoms with Crippen molar-refractivity contribution in [2.45, 2.75) is 12.5 Å². The first kappa shape index (κ1) is 14.6. The van der Waals surface area contributed by atoms with Gasteiger partial charge in [0.05, 0.1) is 13.2 Å². The molecule has 0 spiro atoms. The largest absolute Gasteiger partial charge is 0.497 e. The van der Waals surface area contributed by atoms with E-state index in [0.717, 1.165) is 20.4 Å². The molecule has 0 heterocycles. The van der Waals surface area contributed by atoms with Gasteiger partial charge in [0, 0.05) is 15.0 Å². The van der Waals surface area contributed by atoms with Gasteiger partial charge < -0.3 is 9.84 Å². The smallest absolute Gasteiger partial charge is 0.118 e. The maximum absolute atomic E-state index is 10.3. The number of aliphatic hydroxyl groups excluding tert-OH is 1. The molecule has 2 rings (SSSR count). The highest BCUT2D eigenvalue weighted by atomic mass is 127. The highest BCUT2D eigenvalue weighted by Crippen LogP contribution is 2.26. The fourth-order valence-electron chi connectivity index (χ4n) is 1.86. The molecule has 0 aromatic heterocycles. The van der Waals surface area contributed by atoms with Gasteiger partial charge in [-0.15, -0.1) is 0 Å². The van der Waals surface area contributed by atoms with Gasteiger partial charge in [-0.1, -0.05) is 23.7 Å². The summed E-state index contributed by atoms with van der Waals surface area (Å²) in [4.78, 5) is 0. The van der Waals surface area contributed by atoms with E-state index in [1.165, 1.54) is 0 Å². The first-order valence-corrected chi connectivity index (χ1v) is 7.32. The zero-order valence-electron chi connectivity index (χ0n) is 10.4. The Labute approximate surface area is 131 Å². The summed E-state index contributed by atoms with van der Waals surface area (Å²) in [5.41, 5.74) is 1.92. The maximum Gasteiger partial charge on any atom is 0.118 e. The number of halogens is 2. The Bertz CT molecular complexity index is 555. The topological polar surface area (TPSA) is 29.5 Å². The van der Waals surface area contributed by atoms with Crippen molar-refractivity contribution < 1.29 is 9.84 Å². The molecule has 19 heavy (non-hydrogen) atoms. The molecule has 100 valence electrons. The molecule has 2 aromatic carbocycles. The van der Waals surface area contributed by atoms with E-state index in [1.807, 2.05) is 42.5 Å². The number of methoxy groups -OCH3 is 1. The molecule has 1 unspecified atom stereocenters. The summed E-state index contributed by atoms with van der Waals surface area (Å²) in [6.45, 7) is 0. The predicted molar refractivity (Wildman–Crippen MR) is 85.8 cm³/mol. The monoisotopic (exact) mass is 388 g/mol. The van der Waals surface area contributed by atoms with Crippen LogP contribution in [0.4, 0.5) is 0 Å². The molecule has 0 aliphatic carbocycles. The van der Waals surface area contributed by atoms with Crippen LogP contribution in [0, 0.1) is 3.57 Å². The summed E-state index contributed by atoms with van der Waals surface area (Å²) in [5, 5.41) is 11.0. The van der Waals surface area contributed by atoms with E-state index in [2.05, 4.69) is 22.6 Å². The van der Waals surface area contributed by atoms with Crippen LogP contribution in [-0.2, 0) is 6.42 Å². The molecular weight excluding hydrogens is 375 g/mol. The van der Waals surface area contributed by atoms with Crippen molar-refractivity contribution in [1.29, 1.82) is 0 Å². The summed E-state index contributed by atoms with van der Waals surface area (Å²) in [5.74, 6) is 0.815. The number of ether oxygens (including phenoxy) is 1. The lowest BCUT2D eigenvalue weighted by Crippen LogP contribution is -2.04. The predicted octanol–water partition coefficient (Wildman–Crippen LogP) is 4.23. The van der Waals surface area contributed by atoms with Crippen LogP contribution in [0.15, 0.2) is 42.5 Å². The Morgan fingerprint density at radius 2 is 1.89 bits per heavy atom. The van der Waals surface area contributed by atoms with Crippen molar-refractivity contribution in [3.05, 3.63) is 62.2 Å². The minimum Gasteiger partial charge on any atom is -0.497 e. The van der Waals surface area contributed by atoms with Gasteiger partial charge in [-0.25, -0.2) is 0 Å². The zero-order valence-corrected chi connectivity index (χ0v) is 13.4. The van der Waals surface area contributed by atoms with Crippen molar-refractivity contribution in [1.82, 2.24) is 0 Å². The molecule has 0 fully saturated rings. The van der Waals surface area contributed by atoms with Gasteiger partial charge in [0.25, 0.3) is 0 Å². The second kappa shape index (κ2) is 6.59. The third-order valence-electron chi connectivity index (χ3n) is 2.91. The molecule has 0 saturated carbocycles. The second-order valence-corrected chi connectivity index (χ2v) is 5.83. The Balaban J connectivity index is 2.15. The van der Waals surface area contributed by atoms with E-state index in [4.69, 9.17) is 16.3 Å². The lowest BCUT2D eigenvalue weighted by molar-refractivity contribution is 0.177. The van der Waals surface area contributed by atoms with Crippen LogP contribution in [0.2, 0.25) is 5.02 Å². The van der Waals surface area contributed by atoms with E-state index < -0.39 is 6.10 Å². The number of benzene rings is 2. The van der Waals surface area contributed by atoms with Gasteiger partial charge in [0.15, 0.2) is 0 Å². The van der Waals surface area contributed by atoms with Gasteiger partial charge >= 0.3 is 0 Å². The molecule has 0 radical (unpaired) electrons. The Morgan fingerprint density at radius 3 is 2.53 bits per heavy atom. The van der Waals surface area contributed by atoms with Gasteiger partial charge in [-0.05, 0) is 64.0 Å². The van der Waals surface area contributed by atoms with Crippen LogP contribution in [0.5, 0.6) is 5.75 Å². The minimum atomic E-state index is -0.556. The summed E-state index contributed by atoms with van der Waals surface area (Å²) < 4.78 is 6.13. The van der Waals surface area contributed by atoms with E-state index in [-0.39, 0.29) is 0 Å². The van der Waals surface area contributed by atoms with Crippen molar-refractivity contribution in [3.8, 4) is 5.75 Å². The van der Waals surface area contributed by atoms with Crippen LogP contribution in [0.1, 0.15) is 17.2 Å². The minimum absolute atomic E-state index is 0.556. The molecule has 0 aliphatic heterocycles. The third-order valence-corrected chi connectivity index (χ3v) is 4.12. The Hall–Kier alpha value is -0.780. The van der Waals surface area contributed by atoms with Gasteiger partial charge in [0.2, 0.25) is 0 Å². The number of aliphatic hydroxyl groups is 1. The van der Waals surface area contributed by atoms with Crippen molar-refractivity contribution in [2.75, 3.05) is 7.11 Å². The molecule has 0 aliphatic rings. The molecule has 1 N–H and O–H groups in total. The average Bonchev–Trinajstić information content (AvgIpc) is 2.42. The van der Waals surface area contributed by atoms with Crippen LogP contribution in [0.3, 0.4) is 0 Å². The summed E-state index contributed by atoms with van der Waals surface area (Å²) in [6, 6.07) is 13.3. The van der Waals surface area contributed by atoms with E-state index >= 15 is 0 Å². The quantitative estimate of drug-likeness (QED) is 0.794. The molecule has 4 heteroatoms. The fraction of sp³-hybridized carbons (Fsp3) is 0.200. The molecule has 0 saturated heterocycles. The molecular formula is C15H14ClIO2. The van der Waals surface area contributed by atoms with E-state index in [9.17, 15) is 5.11 Å². The van der Waals surface area contributed by atoms with Crippen molar-refractivity contribution in [2.24, 2.45) is 0 Å². The molecule has 2 aromatic rings. The van der Waals surface area contributed by atoms with Gasteiger partial charge in [-0.2, -0.15) is 0 Å². The zero-order chi connectivity index (χ0) is 13.8. The Kier molecular flexibility index (Phi) is 5.07. The first-order valence-electron chi connectivity index (χ1n) is 5.86. The van der Waals surface area contributed by atoms with Crippen LogP contribution < -0.4 is 4.74 Å². The molecule has 0 amide bonds. The van der Waals surface area contributed by atoms with E-state index in [0.29, 0.717) is 11.4 Å². The summed E-state index contributed by atoms with van der Waals surface area (Å²) in [7, 11) is 1.64. The van der Waals surface area contributed by atoms with Gasteiger partial charge in [-0.3, -0.25) is 0 Å². The van der Waals surface area contributed by atoms with Crippen LogP contribution in [-0.4, -0.2) is 12.2 Å². The van der Waals surface area contributed by atoms with Crippen LogP contribution >= 0.6 is 34.2 Å². The van der Waals surface area contributed by atoms with E-state index in [1.54, 1.807) is 7.11 Å². The van der Waals surface area contributed by atoms with Crippen LogP contribution in [0.25, 0.3) is 0 Å². The average molecular weight is 389 g/mol. The van der Waals surface area contributed by atoms with Crippen molar-refractivity contribution >= 4 is 34.2 Å². The summed E-state index contributed by atoms with van der Waals surface area (Å²) >= 11 is 8.18. The number of hydrogen-bond acceptors (Lipinski definition) is 2. The SMILES string of the molecule is COc1ccc(CC(O)c2cc(Cl)ccc2I)cc1. The third kappa shape index (κ3) is 3.84. The molecule has 2 nitrogen and oxygen atoms in total. The maximum atomic E-state index is 10.3. The second-order valence-electron chi connectivity index (χ2n) is 4.23. The number of hydrogen-bond donors (Lipinski definition) is 1. The lowest BCUT2D eigenvalue weighted by atomic mass is 10.0. The fourth-order valence-corrected chi connectivity index (χ4v) is 2.74. The first-order chi connectivity index (χ1) is 9.10. The van der Waals surface area contributed by atoms with Crippen molar-refractivity contribution in [3.63, 3.8) is 0 Å². The standard InChI is InChI=1S/C15H14ClIO2/c1-19-12-5-2-10(3-6-12)8-15(18)13-9-11(16)4-7-14(13)17/h2-7,9,15,18H,8H2,1H3. The molecule has 0 bridgehead atoms. The highest BCUT2D eigenvalue weighted by molar-refractivity contribution is 14.1. The number of rotatable bonds is 4. The molecule has 1 atom stereocenters. The van der Waals surface area contributed by atoms with Gasteiger partial charge in [0.1, 0.15) is 5.75 Å². The Morgan fingerprint density at radius 1 is 1.21 bits per heavy atom. The normalized spacial score (nSPS) is 12.2. The lowest BCUT2D eigenvalue weighted by Gasteiger charge is -2.13. The highest BCUT2D eigenvalue weighted by Gasteiger charge is 2.12. The summed E-state index contributed by atoms with van der Waals surface area (Å²) in [6.07, 6.45) is -0.000595.